The first kappa shape index (κ1) is 14.8. The molecule has 0 aliphatic rings. The summed E-state index contributed by atoms with van der Waals surface area (Å²) in [6.07, 6.45) is 3.61. The van der Waals surface area contributed by atoms with Crippen molar-refractivity contribution >= 4 is 0 Å². The van der Waals surface area contributed by atoms with E-state index in [1.165, 1.54) is 0 Å². The molecule has 0 heterocycles. The Kier molecular flexibility index (Phi) is 9.00. The minimum absolute atomic E-state index is 0.321. The van der Waals surface area contributed by atoms with E-state index in [1.54, 1.807) is 14.0 Å². The number of methoxy groups -OCH3 is 1. The van der Waals surface area contributed by atoms with E-state index >= 15 is 0 Å². The summed E-state index contributed by atoms with van der Waals surface area (Å²) in [6, 6.07) is 0. The summed E-state index contributed by atoms with van der Waals surface area (Å²) in [7, 11) is 1.69. The van der Waals surface area contributed by atoms with Gasteiger partial charge in [0.1, 0.15) is 0 Å². The van der Waals surface area contributed by atoms with Crippen LogP contribution in [0.2, 0.25) is 0 Å². The summed E-state index contributed by atoms with van der Waals surface area (Å²) in [5.41, 5.74) is 4.69. The number of hydrogen-bond acceptors (Lipinski definition) is 4. The molecule has 0 saturated carbocycles. The lowest BCUT2D eigenvalue weighted by molar-refractivity contribution is 0.0517. The maximum atomic E-state index is 9.61. The molecule has 0 radical (unpaired) electrons. The van der Waals surface area contributed by atoms with Crippen LogP contribution < -0.4 is 5.73 Å². The van der Waals surface area contributed by atoms with Gasteiger partial charge in [-0.2, -0.15) is 0 Å². The Bertz CT molecular complexity index is 140. The zero-order valence-corrected chi connectivity index (χ0v) is 10.00. The van der Waals surface area contributed by atoms with Crippen molar-refractivity contribution < 1.29 is 14.6 Å². The van der Waals surface area contributed by atoms with E-state index in [4.69, 9.17) is 15.2 Å². The predicted molar refractivity (Wildman–Crippen MR) is 60.8 cm³/mol. The zero-order valence-electron chi connectivity index (χ0n) is 10.00. The second kappa shape index (κ2) is 9.09. The molecule has 0 aliphatic carbocycles. The monoisotopic (exact) mass is 219 g/mol. The molecule has 0 bridgehead atoms. The Labute approximate surface area is 92.7 Å². The Hall–Kier alpha value is -0.160. The average molecular weight is 219 g/mol. The molecule has 92 valence electrons. The highest BCUT2D eigenvalue weighted by atomic mass is 16.5. The van der Waals surface area contributed by atoms with Crippen LogP contribution >= 0.6 is 0 Å². The maximum Gasteiger partial charge on any atom is 0.0741 e. The van der Waals surface area contributed by atoms with E-state index in [9.17, 15) is 5.11 Å². The van der Waals surface area contributed by atoms with Gasteiger partial charge in [0.25, 0.3) is 0 Å². The number of aliphatic hydroxyl groups is 1. The third kappa shape index (κ3) is 10.1. The van der Waals surface area contributed by atoms with E-state index in [2.05, 4.69) is 0 Å². The third-order valence-electron chi connectivity index (χ3n) is 2.33. The molecule has 0 spiro atoms. The Morgan fingerprint density at radius 3 is 2.40 bits per heavy atom. The van der Waals surface area contributed by atoms with Crippen molar-refractivity contribution in [2.24, 2.45) is 5.73 Å². The quantitative estimate of drug-likeness (QED) is 0.536. The average Bonchev–Trinajstić information content (AvgIpc) is 2.22. The fourth-order valence-electron chi connectivity index (χ4n) is 1.22. The fraction of sp³-hybridized carbons (Fsp3) is 1.00. The van der Waals surface area contributed by atoms with Gasteiger partial charge in [-0.3, -0.25) is 0 Å². The van der Waals surface area contributed by atoms with E-state index in [0.717, 1.165) is 45.5 Å². The molecule has 3 N–H and O–H groups in total. The first-order valence-corrected chi connectivity index (χ1v) is 5.61. The highest BCUT2D eigenvalue weighted by molar-refractivity contribution is 4.72. The molecule has 15 heavy (non-hydrogen) atoms. The number of nitrogens with two attached hydrogens (primary N) is 1. The van der Waals surface area contributed by atoms with E-state index in [-0.39, 0.29) is 0 Å². The smallest absolute Gasteiger partial charge is 0.0741 e. The van der Waals surface area contributed by atoms with Crippen molar-refractivity contribution in [3.63, 3.8) is 0 Å². The summed E-state index contributed by atoms with van der Waals surface area (Å²) in [5, 5.41) is 9.61. The fourth-order valence-corrected chi connectivity index (χ4v) is 1.22. The second-order valence-corrected chi connectivity index (χ2v) is 4.12. The molecule has 0 aromatic carbocycles. The van der Waals surface area contributed by atoms with Gasteiger partial charge in [0.05, 0.1) is 5.60 Å². The first-order valence-electron chi connectivity index (χ1n) is 5.61. The Morgan fingerprint density at radius 2 is 1.80 bits per heavy atom. The van der Waals surface area contributed by atoms with Gasteiger partial charge in [-0.15, -0.1) is 0 Å². The number of ether oxygens (including phenoxy) is 2. The molecule has 0 aliphatic heterocycles. The molecule has 0 amide bonds. The minimum Gasteiger partial charge on any atom is -0.389 e. The van der Waals surface area contributed by atoms with Gasteiger partial charge in [-0.1, -0.05) is 0 Å². The molecule has 0 aromatic heterocycles. The van der Waals surface area contributed by atoms with Crippen LogP contribution in [0, 0.1) is 0 Å². The molecule has 4 heteroatoms. The Balaban J connectivity index is 3.11. The van der Waals surface area contributed by atoms with E-state index in [1.807, 2.05) is 0 Å². The number of rotatable bonds is 10. The van der Waals surface area contributed by atoms with Crippen LogP contribution in [-0.2, 0) is 9.47 Å². The Morgan fingerprint density at radius 1 is 1.13 bits per heavy atom. The topological polar surface area (TPSA) is 64.7 Å². The van der Waals surface area contributed by atoms with Gasteiger partial charge in [0.2, 0.25) is 0 Å². The van der Waals surface area contributed by atoms with Crippen molar-refractivity contribution in [2.45, 2.75) is 38.2 Å². The summed E-state index contributed by atoms with van der Waals surface area (Å²) in [4.78, 5) is 0. The molecule has 0 rings (SSSR count). The number of unbranched alkanes of at least 4 members (excludes halogenated alkanes) is 1. The molecule has 4 nitrogen and oxygen atoms in total. The van der Waals surface area contributed by atoms with Gasteiger partial charge >= 0.3 is 0 Å². The van der Waals surface area contributed by atoms with Crippen LogP contribution in [-0.4, -0.2) is 44.2 Å². The van der Waals surface area contributed by atoms with Crippen LogP contribution in [0.3, 0.4) is 0 Å². The first-order chi connectivity index (χ1) is 7.12. The van der Waals surface area contributed by atoms with Gasteiger partial charge in [0, 0.05) is 33.5 Å². The van der Waals surface area contributed by atoms with Crippen molar-refractivity contribution in [3.8, 4) is 0 Å². The van der Waals surface area contributed by atoms with Gasteiger partial charge in [-0.25, -0.2) is 0 Å². The summed E-state index contributed by atoms with van der Waals surface area (Å²) in [5.74, 6) is 0. The highest BCUT2D eigenvalue weighted by Crippen LogP contribution is 2.11. The molecule has 0 fully saturated rings. The lowest BCUT2D eigenvalue weighted by Crippen LogP contribution is -2.33. The van der Waals surface area contributed by atoms with Crippen molar-refractivity contribution in [2.75, 3.05) is 33.5 Å². The molecule has 0 saturated heterocycles. The second-order valence-electron chi connectivity index (χ2n) is 4.12. The molecule has 1 unspecified atom stereocenters. The summed E-state index contributed by atoms with van der Waals surface area (Å²) >= 11 is 0. The normalized spacial score (nSPS) is 15.2. The van der Waals surface area contributed by atoms with Crippen LogP contribution in [0.1, 0.15) is 32.6 Å². The lowest BCUT2D eigenvalue weighted by atomic mass is 10.00. The third-order valence-corrected chi connectivity index (χ3v) is 2.33. The molecular weight excluding hydrogens is 194 g/mol. The zero-order chi connectivity index (χ0) is 11.6. The number of hydrogen-bond donors (Lipinski definition) is 2. The predicted octanol–water partition coefficient (Wildman–Crippen LogP) is 0.920. The molecule has 1 atom stereocenters. The van der Waals surface area contributed by atoms with Crippen LogP contribution in [0.5, 0.6) is 0 Å². The summed E-state index contributed by atoms with van der Waals surface area (Å²) < 4.78 is 10.3. The van der Waals surface area contributed by atoms with E-state index in [0.29, 0.717) is 6.54 Å². The van der Waals surface area contributed by atoms with Gasteiger partial charge in [-0.05, 0) is 32.6 Å². The van der Waals surface area contributed by atoms with Crippen molar-refractivity contribution in [3.05, 3.63) is 0 Å². The molecule has 0 aromatic rings. The van der Waals surface area contributed by atoms with Gasteiger partial charge in [0.15, 0.2) is 0 Å². The highest BCUT2D eigenvalue weighted by Gasteiger charge is 2.16. The summed E-state index contributed by atoms with van der Waals surface area (Å²) in [6.45, 7) is 4.35. The lowest BCUT2D eigenvalue weighted by Gasteiger charge is -2.20. The minimum atomic E-state index is -0.712. The van der Waals surface area contributed by atoms with Crippen molar-refractivity contribution in [1.82, 2.24) is 0 Å². The van der Waals surface area contributed by atoms with Crippen LogP contribution in [0.25, 0.3) is 0 Å². The van der Waals surface area contributed by atoms with E-state index < -0.39 is 5.60 Å². The van der Waals surface area contributed by atoms with Crippen molar-refractivity contribution in [1.29, 1.82) is 0 Å². The standard InChI is InChI=1S/C11H25NO3/c1-11(13,10-12)6-3-4-8-15-9-5-7-14-2/h13H,3-10,12H2,1-2H3. The van der Waals surface area contributed by atoms with Crippen LogP contribution in [0.4, 0.5) is 0 Å². The molecular formula is C11H25NO3. The van der Waals surface area contributed by atoms with Crippen LogP contribution in [0.15, 0.2) is 0 Å². The largest absolute Gasteiger partial charge is 0.389 e. The SMILES string of the molecule is COCCCOCCCCC(C)(O)CN. The van der Waals surface area contributed by atoms with Gasteiger partial charge < -0.3 is 20.3 Å². The maximum absolute atomic E-state index is 9.61.